The summed E-state index contributed by atoms with van der Waals surface area (Å²) < 4.78 is 5.99. The molecule has 0 radical (unpaired) electrons. The number of rotatable bonds is 5. The van der Waals surface area contributed by atoms with Gasteiger partial charge in [-0.25, -0.2) is 0 Å². The van der Waals surface area contributed by atoms with Crippen LogP contribution in [0.5, 0.6) is 0 Å². The van der Waals surface area contributed by atoms with Gasteiger partial charge in [0.25, 0.3) is 0 Å². The molecule has 1 N–H and O–H groups in total. The van der Waals surface area contributed by atoms with E-state index in [2.05, 4.69) is 6.92 Å². The Labute approximate surface area is 118 Å². The van der Waals surface area contributed by atoms with E-state index < -0.39 is 0 Å². The van der Waals surface area contributed by atoms with Crippen LogP contribution in [0.3, 0.4) is 0 Å². The van der Waals surface area contributed by atoms with Gasteiger partial charge in [0, 0.05) is 6.61 Å². The third kappa shape index (κ3) is 4.46. The van der Waals surface area contributed by atoms with Gasteiger partial charge in [-0.3, -0.25) is 0 Å². The summed E-state index contributed by atoms with van der Waals surface area (Å²) in [6.45, 7) is 2.81. The van der Waals surface area contributed by atoms with E-state index >= 15 is 0 Å². The van der Waals surface area contributed by atoms with Crippen LogP contribution in [-0.4, -0.2) is 23.9 Å². The summed E-state index contributed by atoms with van der Waals surface area (Å²) in [5.74, 6) is 1.09. The summed E-state index contributed by atoms with van der Waals surface area (Å²) in [6.07, 6.45) is 14.1. The summed E-state index contributed by atoms with van der Waals surface area (Å²) in [6, 6.07) is 0. The second-order valence-electron chi connectivity index (χ2n) is 6.56. The largest absolute Gasteiger partial charge is 0.390 e. The molecule has 19 heavy (non-hydrogen) atoms. The topological polar surface area (TPSA) is 29.5 Å². The van der Waals surface area contributed by atoms with Gasteiger partial charge in [0.15, 0.2) is 0 Å². The molecule has 2 saturated carbocycles. The van der Waals surface area contributed by atoms with Crippen LogP contribution in [0.25, 0.3) is 0 Å². The predicted molar refractivity (Wildman–Crippen MR) is 79.2 cm³/mol. The highest BCUT2D eigenvalue weighted by Crippen LogP contribution is 2.34. The minimum absolute atomic E-state index is 0.105. The lowest BCUT2D eigenvalue weighted by Crippen LogP contribution is -2.41. The van der Waals surface area contributed by atoms with E-state index in [-0.39, 0.29) is 12.2 Å². The average molecular weight is 268 g/mol. The van der Waals surface area contributed by atoms with Crippen LogP contribution in [0.2, 0.25) is 0 Å². The Bertz CT molecular complexity index is 227. The van der Waals surface area contributed by atoms with Gasteiger partial charge in [-0.1, -0.05) is 44.9 Å². The molecule has 112 valence electrons. The molecule has 0 aromatic carbocycles. The van der Waals surface area contributed by atoms with Crippen molar-refractivity contribution in [3.63, 3.8) is 0 Å². The monoisotopic (exact) mass is 268 g/mol. The molecule has 0 saturated heterocycles. The van der Waals surface area contributed by atoms with Crippen LogP contribution in [0, 0.1) is 11.8 Å². The molecule has 2 fully saturated rings. The lowest BCUT2D eigenvalue weighted by molar-refractivity contribution is -0.0952. The van der Waals surface area contributed by atoms with Crippen molar-refractivity contribution in [1.29, 1.82) is 0 Å². The third-order valence-electron chi connectivity index (χ3n) is 5.19. The van der Waals surface area contributed by atoms with Gasteiger partial charge in [0.05, 0.1) is 12.2 Å². The van der Waals surface area contributed by atoms with Crippen LogP contribution in [-0.2, 0) is 4.74 Å². The fourth-order valence-corrected chi connectivity index (χ4v) is 4.09. The van der Waals surface area contributed by atoms with Crippen molar-refractivity contribution in [1.82, 2.24) is 0 Å². The summed E-state index contributed by atoms with van der Waals surface area (Å²) in [5.41, 5.74) is 0. The number of hydrogen-bond acceptors (Lipinski definition) is 2. The molecule has 2 aliphatic carbocycles. The Hall–Kier alpha value is -0.0800. The van der Waals surface area contributed by atoms with E-state index in [1.165, 1.54) is 70.6 Å². The Morgan fingerprint density at radius 2 is 1.32 bits per heavy atom. The molecule has 0 aromatic rings. The van der Waals surface area contributed by atoms with E-state index in [1.54, 1.807) is 0 Å². The zero-order chi connectivity index (χ0) is 13.5. The molecule has 2 heteroatoms. The summed E-state index contributed by atoms with van der Waals surface area (Å²) in [4.78, 5) is 0. The lowest BCUT2D eigenvalue weighted by atomic mass is 9.79. The minimum atomic E-state index is -0.221. The van der Waals surface area contributed by atoms with Crippen molar-refractivity contribution in [3.8, 4) is 0 Å². The molecule has 2 rings (SSSR count). The Kier molecular flexibility index (Phi) is 6.66. The maximum Gasteiger partial charge on any atom is 0.0864 e. The van der Waals surface area contributed by atoms with Crippen molar-refractivity contribution in [2.45, 2.75) is 89.8 Å². The van der Waals surface area contributed by atoms with Gasteiger partial charge in [0.2, 0.25) is 0 Å². The molecule has 0 aliphatic heterocycles. The van der Waals surface area contributed by atoms with Crippen LogP contribution in [0.15, 0.2) is 0 Å². The number of hydrogen-bond donors (Lipinski definition) is 1. The van der Waals surface area contributed by atoms with Gasteiger partial charge < -0.3 is 9.84 Å². The Morgan fingerprint density at radius 1 is 0.842 bits per heavy atom. The van der Waals surface area contributed by atoms with Crippen molar-refractivity contribution >= 4 is 0 Å². The number of ether oxygens (including phenoxy) is 1. The second kappa shape index (κ2) is 8.26. The summed E-state index contributed by atoms with van der Waals surface area (Å²) in [5, 5.41) is 10.8. The van der Waals surface area contributed by atoms with Crippen LogP contribution < -0.4 is 0 Å². The zero-order valence-electron chi connectivity index (χ0n) is 12.7. The van der Waals surface area contributed by atoms with E-state index in [9.17, 15) is 5.11 Å². The molecular weight excluding hydrogens is 236 g/mol. The molecule has 0 spiro atoms. The van der Waals surface area contributed by atoms with E-state index in [1.807, 2.05) is 0 Å². The van der Waals surface area contributed by atoms with E-state index in [0.29, 0.717) is 11.8 Å². The van der Waals surface area contributed by atoms with E-state index in [4.69, 9.17) is 4.74 Å². The van der Waals surface area contributed by atoms with E-state index in [0.717, 1.165) is 6.61 Å². The highest BCUT2D eigenvalue weighted by atomic mass is 16.5. The first-order valence-electron chi connectivity index (χ1n) is 8.62. The normalized spacial score (nSPS) is 26.8. The fourth-order valence-electron chi connectivity index (χ4n) is 4.09. The Balaban J connectivity index is 1.95. The molecule has 2 unspecified atom stereocenters. The van der Waals surface area contributed by atoms with Gasteiger partial charge in [-0.2, -0.15) is 0 Å². The predicted octanol–water partition coefficient (Wildman–Crippen LogP) is 4.30. The number of aliphatic hydroxyl groups is 1. The van der Waals surface area contributed by atoms with Crippen LogP contribution in [0.1, 0.15) is 77.6 Å². The summed E-state index contributed by atoms with van der Waals surface area (Å²) >= 11 is 0. The molecule has 0 amide bonds. The zero-order valence-corrected chi connectivity index (χ0v) is 12.7. The summed E-state index contributed by atoms with van der Waals surface area (Å²) in [7, 11) is 0. The maximum absolute atomic E-state index is 10.8. The van der Waals surface area contributed by atoms with Crippen molar-refractivity contribution in [3.05, 3.63) is 0 Å². The first-order chi connectivity index (χ1) is 9.33. The molecule has 2 atom stereocenters. The third-order valence-corrected chi connectivity index (χ3v) is 5.19. The van der Waals surface area contributed by atoms with Crippen molar-refractivity contribution in [2.75, 3.05) is 6.61 Å². The van der Waals surface area contributed by atoms with Gasteiger partial charge in [0.1, 0.15) is 0 Å². The van der Waals surface area contributed by atoms with Crippen LogP contribution >= 0.6 is 0 Å². The van der Waals surface area contributed by atoms with Crippen LogP contribution in [0.4, 0.5) is 0 Å². The molecule has 2 nitrogen and oxygen atoms in total. The minimum Gasteiger partial charge on any atom is -0.390 e. The highest BCUT2D eigenvalue weighted by molar-refractivity contribution is 4.85. The van der Waals surface area contributed by atoms with Gasteiger partial charge in [-0.15, -0.1) is 0 Å². The Morgan fingerprint density at radius 3 is 1.84 bits per heavy atom. The SMILES string of the molecule is CCOC(C1CCCCC1)C(O)C1CCCCCC1. The van der Waals surface area contributed by atoms with Crippen molar-refractivity contribution in [2.24, 2.45) is 11.8 Å². The first kappa shape index (κ1) is 15.3. The van der Waals surface area contributed by atoms with Crippen molar-refractivity contribution < 1.29 is 9.84 Å². The highest BCUT2D eigenvalue weighted by Gasteiger charge is 2.34. The smallest absolute Gasteiger partial charge is 0.0864 e. The second-order valence-corrected chi connectivity index (χ2v) is 6.56. The first-order valence-corrected chi connectivity index (χ1v) is 8.62. The molecule has 0 aromatic heterocycles. The molecule has 2 aliphatic rings. The lowest BCUT2D eigenvalue weighted by Gasteiger charge is -2.36. The number of aliphatic hydroxyl groups excluding tert-OH is 1. The molecule has 0 heterocycles. The maximum atomic E-state index is 10.8. The average Bonchev–Trinajstić information content (AvgIpc) is 2.74. The van der Waals surface area contributed by atoms with Gasteiger partial charge >= 0.3 is 0 Å². The standard InChI is InChI=1S/C17H32O2/c1-2-19-17(15-12-8-5-9-13-15)16(18)14-10-6-3-4-7-11-14/h14-18H,2-13H2,1H3. The quantitative estimate of drug-likeness (QED) is 0.753. The molecule has 0 bridgehead atoms. The van der Waals surface area contributed by atoms with Gasteiger partial charge in [-0.05, 0) is 44.4 Å². The molecular formula is C17H32O2. The fraction of sp³-hybridized carbons (Fsp3) is 1.00.